The molecule has 8 rings (SSSR count). The number of quaternary nitrogens is 1. The van der Waals surface area contributed by atoms with E-state index in [1.165, 1.54) is 12.1 Å². The molecule has 338 valence electrons. The van der Waals surface area contributed by atoms with Crippen LogP contribution < -0.4 is 28.5 Å². The minimum atomic E-state index is -4.47. The van der Waals surface area contributed by atoms with Crippen LogP contribution in [0.2, 0.25) is 0 Å². The second-order valence-corrected chi connectivity index (χ2v) is 16.7. The van der Waals surface area contributed by atoms with Gasteiger partial charge in [-0.05, 0) is 93.1 Å². The van der Waals surface area contributed by atoms with E-state index in [2.05, 4.69) is 21.8 Å². The summed E-state index contributed by atoms with van der Waals surface area (Å²) in [7, 11) is 0. The van der Waals surface area contributed by atoms with E-state index < -0.39 is 28.1 Å². The fourth-order valence-corrected chi connectivity index (χ4v) is 9.29. The number of benzene rings is 2. The van der Waals surface area contributed by atoms with Crippen molar-refractivity contribution in [2.24, 2.45) is 0 Å². The van der Waals surface area contributed by atoms with Crippen molar-refractivity contribution < 1.29 is 45.3 Å². The Hall–Kier alpha value is -4.76. The summed E-state index contributed by atoms with van der Waals surface area (Å²) in [6.45, 7) is 9.36. The Kier molecular flexibility index (Phi) is 14.6. The molecule has 0 N–H and O–H groups in total. The van der Waals surface area contributed by atoms with Crippen molar-refractivity contribution in [3.8, 4) is 23.0 Å². The van der Waals surface area contributed by atoms with E-state index in [1.54, 1.807) is 0 Å². The molecule has 0 aliphatic carbocycles. The third kappa shape index (κ3) is 10.4. The summed E-state index contributed by atoms with van der Waals surface area (Å²) in [5, 5.41) is 13.8. The highest BCUT2D eigenvalue weighted by atomic mass is 19.4. The SMILES string of the molecule is C.CCCOc1cc(C)ccc1OC1C[C@H]2CC[C@@H](C1)N2c1ccc(C(F)(F)F)cn1.CCCOc1cc(C)ccc1OC1C[C@H]2CC[C@@H](C1)[N+]2([O-])c1ccc(C(F)(F)F)cn1. The Bertz CT molecular complexity index is 2060. The third-order valence-electron chi connectivity index (χ3n) is 12.2. The number of aromatic nitrogens is 2. The van der Waals surface area contributed by atoms with E-state index in [9.17, 15) is 31.5 Å². The van der Waals surface area contributed by atoms with Crippen LogP contribution in [0.1, 0.15) is 108 Å². The molecule has 0 spiro atoms. The van der Waals surface area contributed by atoms with Crippen molar-refractivity contribution in [2.75, 3.05) is 18.1 Å². The summed E-state index contributed by atoms with van der Waals surface area (Å²) in [4.78, 5) is 10.2. The number of hydrogen-bond donors (Lipinski definition) is 0. The molecule has 4 bridgehead atoms. The van der Waals surface area contributed by atoms with Gasteiger partial charge in [0.1, 0.15) is 18.0 Å². The maximum absolute atomic E-state index is 13.8. The van der Waals surface area contributed by atoms with E-state index in [0.717, 1.165) is 85.7 Å². The zero-order valence-corrected chi connectivity index (χ0v) is 35.0. The van der Waals surface area contributed by atoms with Crippen LogP contribution in [0.25, 0.3) is 0 Å². The maximum Gasteiger partial charge on any atom is 0.417 e. The number of hydroxylamine groups is 2. The van der Waals surface area contributed by atoms with Gasteiger partial charge in [-0.1, -0.05) is 33.4 Å². The van der Waals surface area contributed by atoms with Crippen LogP contribution in [-0.4, -0.2) is 59.6 Å². The lowest BCUT2D eigenvalue weighted by Gasteiger charge is -2.51. The second kappa shape index (κ2) is 19.3. The number of hydrogen-bond acceptors (Lipinski definition) is 8. The van der Waals surface area contributed by atoms with Crippen molar-refractivity contribution in [2.45, 2.75) is 148 Å². The standard InChI is InChI=1S/C23H27F3N2O3.C23H27F3N2O2.CH4/c1-3-10-30-21-11-15(2)4-8-20(21)31-19-12-17-6-7-18(13-19)28(17,29)22-9-5-16(14-27-22)23(24,25)26;1-3-10-29-21-11-15(2)4-8-20(21)30-19-12-17-6-7-18(13-19)28(17)22-9-5-16(14-27-22)23(24,25)26;/h4-5,8-9,11,14,17-19H,3,6-7,10,12-13H2,1-2H3;4-5,8-9,11,14,17-19H,3,6-7,10,12-13H2,1-2H3;1H4/t17-,18+,19?,28?;17-,18+,19?;. The molecule has 7 atom stereocenters. The van der Waals surface area contributed by atoms with E-state index in [1.807, 2.05) is 57.2 Å². The molecule has 9 nitrogen and oxygen atoms in total. The van der Waals surface area contributed by atoms with Gasteiger partial charge in [0.15, 0.2) is 23.0 Å². The molecule has 4 fully saturated rings. The lowest BCUT2D eigenvalue weighted by atomic mass is 9.98. The van der Waals surface area contributed by atoms with Crippen molar-refractivity contribution in [3.05, 3.63) is 101 Å². The van der Waals surface area contributed by atoms with Crippen LogP contribution in [0.3, 0.4) is 0 Å². The van der Waals surface area contributed by atoms with Crippen LogP contribution in [0.5, 0.6) is 23.0 Å². The number of piperidine rings is 2. The van der Waals surface area contributed by atoms with Gasteiger partial charge in [-0.2, -0.15) is 26.3 Å². The van der Waals surface area contributed by atoms with Crippen molar-refractivity contribution in [3.63, 3.8) is 0 Å². The van der Waals surface area contributed by atoms with Crippen LogP contribution in [0.15, 0.2) is 73.1 Å². The van der Waals surface area contributed by atoms with Gasteiger partial charge in [0, 0.05) is 69.1 Å². The fourth-order valence-electron chi connectivity index (χ4n) is 9.29. The minimum absolute atomic E-state index is 0. The molecule has 4 aliphatic heterocycles. The number of pyridine rings is 2. The fraction of sp³-hybridized carbons (Fsp3) is 0.532. The molecule has 3 unspecified atom stereocenters. The average Bonchev–Trinajstić information content (AvgIpc) is 3.56. The second-order valence-electron chi connectivity index (χ2n) is 16.7. The molecule has 2 aromatic heterocycles. The number of nitrogens with zero attached hydrogens (tertiary/aromatic N) is 4. The molecule has 2 aromatic carbocycles. The monoisotopic (exact) mass is 872 g/mol. The van der Waals surface area contributed by atoms with Crippen LogP contribution >= 0.6 is 0 Å². The molecular weight excluding hydrogens is 815 g/mol. The minimum Gasteiger partial charge on any atom is -0.626 e. The molecule has 4 aromatic rings. The van der Waals surface area contributed by atoms with Gasteiger partial charge in [-0.25, -0.2) is 9.97 Å². The van der Waals surface area contributed by atoms with Crippen LogP contribution in [-0.2, 0) is 12.4 Å². The molecule has 4 saturated heterocycles. The van der Waals surface area contributed by atoms with Crippen molar-refractivity contribution in [1.82, 2.24) is 14.6 Å². The van der Waals surface area contributed by atoms with Gasteiger partial charge in [0.25, 0.3) is 0 Å². The highest BCUT2D eigenvalue weighted by molar-refractivity contribution is 5.47. The number of rotatable bonds is 12. The summed E-state index contributed by atoms with van der Waals surface area (Å²) >= 11 is 0. The highest BCUT2D eigenvalue weighted by Gasteiger charge is 2.52. The summed E-state index contributed by atoms with van der Waals surface area (Å²) < 4.78 is 101. The number of alkyl halides is 6. The Morgan fingerprint density at radius 2 is 1.10 bits per heavy atom. The summed E-state index contributed by atoms with van der Waals surface area (Å²) in [5.74, 6) is 3.68. The van der Waals surface area contributed by atoms with E-state index >= 15 is 0 Å². The summed E-state index contributed by atoms with van der Waals surface area (Å²) in [5.41, 5.74) is 0.644. The van der Waals surface area contributed by atoms with Crippen molar-refractivity contribution >= 4 is 11.6 Å². The van der Waals surface area contributed by atoms with Gasteiger partial charge in [0.2, 0.25) is 5.82 Å². The summed E-state index contributed by atoms with van der Waals surface area (Å²) in [6, 6.07) is 16.5. The van der Waals surface area contributed by atoms with Gasteiger partial charge >= 0.3 is 12.4 Å². The Morgan fingerprint density at radius 1 is 0.629 bits per heavy atom. The van der Waals surface area contributed by atoms with E-state index in [4.69, 9.17) is 18.9 Å². The molecule has 62 heavy (non-hydrogen) atoms. The zero-order chi connectivity index (χ0) is 43.5. The van der Waals surface area contributed by atoms with Crippen molar-refractivity contribution in [1.29, 1.82) is 0 Å². The van der Waals surface area contributed by atoms with E-state index in [0.29, 0.717) is 56.2 Å². The normalized spacial score (nSPS) is 25.3. The molecule has 6 heterocycles. The Labute approximate surface area is 360 Å². The topological polar surface area (TPSA) is 89.0 Å². The predicted octanol–water partition coefficient (Wildman–Crippen LogP) is 12.2. The maximum atomic E-state index is 13.8. The molecular formula is C47H58F6N4O5. The molecule has 0 amide bonds. The van der Waals surface area contributed by atoms with Gasteiger partial charge < -0.3 is 33.7 Å². The molecule has 15 heteroatoms. The number of fused-ring (bicyclic) bond motifs is 4. The Balaban J connectivity index is 0.000000204. The predicted molar refractivity (Wildman–Crippen MR) is 228 cm³/mol. The molecule has 0 radical (unpaired) electrons. The first-order valence-electron chi connectivity index (χ1n) is 21.3. The van der Waals surface area contributed by atoms with Crippen LogP contribution in [0.4, 0.5) is 38.0 Å². The first-order chi connectivity index (χ1) is 29.1. The first-order valence-corrected chi connectivity index (χ1v) is 21.3. The molecule has 0 saturated carbocycles. The van der Waals surface area contributed by atoms with Gasteiger partial charge in [-0.15, -0.1) is 0 Å². The number of halogens is 6. The van der Waals surface area contributed by atoms with Crippen LogP contribution in [0, 0.1) is 19.1 Å². The first kappa shape index (κ1) is 46.7. The Morgan fingerprint density at radius 3 is 1.52 bits per heavy atom. The number of aryl methyl sites for hydroxylation is 2. The average molecular weight is 873 g/mol. The lowest BCUT2D eigenvalue weighted by Crippen LogP contribution is -2.59. The molecule has 4 aliphatic rings. The third-order valence-corrected chi connectivity index (χ3v) is 12.2. The largest absolute Gasteiger partial charge is 0.626 e. The number of anilines is 1. The number of ether oxygens (including phenoxy) is 4. The summed E-state index contributed by atoms with van der Waals surface area (Å²) in [6.07, 6.45) is 0.718. The quantitative estimate of drug-likeness (QED) is 0.0790. The lowest BCUT2D eigenvalue weighted by molar-refractivity contribution is -0.138. The zero-order valence-electron chi connectivity index (χ0n) is 35.0. The van der Waals surface area contributed by atoms with Gasteiger partial charge in [-0.3, -0.25) is 0 Å². The smallest absolute Gasteiger partial charge is 0.417 e. The van der Waals surface area contributed by atoms with E-state index in [-0.39, 0.29) is 49.6 Å². The highest BCUT2D eigenvalue weighted by Crippen LogP contribution is 2.47. The van der Waals surface area contributed by atoms with Gasteiger partial charge in [0.05, 0.1) is 36.4 Å².